The number of guanidine groups is 1. The number of rotatable bonds is 7. The molecule has 2 rings (SSSR count). The van der Waals surface area contributed by atoms with Crippen molar-refractivity contribution >= 4 is 40.7 Å². The molecule has 2 aromatic carbocycles. The summed E-state index contributed by atoms with van der Waals surface area (Å²) >= 11 is 0. The standard InChI is InChI=1S/C19H25N3OS.HI/c1-16-8-10-17(11-9-16)14-22-19(20-2)21-12-13-24(23)15-18-6-4-3-5-7-18;/h3-11H,12-15H2,1-2H3,(H2,20,21,22);1H. The molecule has 0 bridgehead atoms. The van der Waals surface area contributed by atoms with Crippen molar-refractivity contribution in [2.24, 2.45) is 4.99 Å². The molecule has 0 saturated carbocycles. The molecule has 6 heteroatoms. The zero-order valence-corrected chi connectivity index (χ0v) is 17.8. The van der Waals surface area contributed by atoms with Crippen LogP contribution >= 0.6 is 24.0 Å². The Kier molecular flexibility index (Phi) is 10.4. The van der Waals surface area contributed by atoms with Crippen molar-refractivity contribution in [2.75, 3.05) is 19.3 Å². The number of hydrogen-bond acceptors (Lipinski definition) is 2. The minimum absolute atomic E-state index is 0. The van der Waals surface area contributed by atoms with Crippen LogP contribution in [-0.2, 0) is 23.1 Å². The Bertz CT molecular complexity index is 675. The molecular weight excluding hydrogens is 445 g/mol. The summed E-state index contributed by atoms with van der Waals surface area (Å²) in [7, 11) is 0.864. The highest BCUT2D eigenvalue weighted by Gasteiger charge is 2.03. The van der Waals surface area contributed by atoms with Gasteiger partial charge in [-0.05, 0) is 18.1 Å². The van der Waals surface area contributed by atoms with E-state index < -0.39 is 10.8 Å². The normalized spacial score (nSPS) is 12.2. The molecule has 0 heterocycles. The Morgan fingerprint density at radius 2 is 1.68 bits per heavy atom. The van der Waals surface area contributed by atoms with Crippen molar-refractivity contribution < 1.29 is 4.21 Å². The Labute approximate surface area is 170 Å². The zero-order chi connectivity index (χ0) is 17.2. The van der Waals surface area contributed by atoms with Gasteiger partial charge in [0.1, 0.15) is 0 Å². The lowest BCUT2D eigenvalue weighted by molar-refractivity contribution is 0.680. The van der Waals surface area contributed by atoms with Gasteiger partial charge in [-0.15, -0.1) is 24.0 Å². The van der Waals surface area contributed by atoms with Gasteiger partial charge in [-0.25, -0.2) is 0 Å². The molecule has 136 valence electrons. The molecular formula is C19H26IN3OS. The quantitative estimate of drug-likeness (QED) is 0.371. The van der Waals surface area contributed by atoms with Gasteiger partial charge in [0.2, 0.25) is 0 Å². The summed E-state index contributed by atoms with van der Waals surface area (Å²) in [6.07, 6.45) is 0. The zero-order valence-electron chi connectivity index (χ0n) is 14.7. The second-order valence-electron chi connectivity index (χ2n) is 5.61. The van der Waals surface area contributed by atoms with Crippen LogP contribution in [0.25, 0.3) is 0 Å². The topological polar surface area (TPSA) is 53.5 Å². The first-order valence-corrected chi connectivity index (χ1v) is 9.55. The second kappa shape index (κ2) is 12.0. The van der Waals surface area contributed by atoms with Crippen LogP contribution in [0, 0.1) is 6.92 Å². The molecule has 0 fully saturated rings. The predicted molar refractivity (Wildman–Crippen MR) is 118 cm³/mol. The Morgan fingerprint density at radius 3 is 2.32 bits per heavy atom. The van der Waals surface area contributed by atoms with E-state index in [9.17, 15) is 4.21 Å². The third-order valence-corrected chi connectivity index (χ3v) is 4.91. The highest BCUT2D eigenvalue weighted by Crippen LogP contribution is 2.03. The molecule has 0 radical (unpaired) electrons. The van der Waals surface area contributed by atoms with Gasteiger partial charge in [-0.1, -0.05) is 60.2 Å². The van der Waals surface area contributed by atoms with Crippen LogP contribution in [0.3, 0.4) is 0 Å². The summed E-state index contributed by atoms with van der Waals surface area (Å²) in [5.41, 5.74) is 3.57. The Morgan fingerprint density at radius 1 is 1.00 bits per heavy atom. The fourth-order valence-corrected chi connectivity index (χ4v) is 3.27. The summed E-state index contributed by atoms with van der Waals surface area (Å²) in [6, 6.07) is 18.3. The van der Waals surface area contributed by atoms with E-state index in [1.807, 2.05) is 30.3 Å². The first-order valence-electron chi connectivity index (χ1n) is 8.06. The third kappa shape index (κ3) is 8.49. The maximum Gasteiger partial charge on any atom is 0.191 e. The SMILES string of the molecule is CN=C(NCCS(=O)Cc1ccccc1)NCc1ccc(C)cc1.I. The highest BCUT2D eigenvalue weighted by atomic mass is 127. The fourth-order valence-electron chi connectivity index (χ4n) is 2.23. The van der Waals surface area contributed by atoms with E-state index >= 15 is 0 Å². The second-order valence-corrected chi connectivity index (χ2v) is 7.19. The van der Waals surface area contributed by atoms with Crippen molar-refractivity contribution in [2.45, 2.75) is 19.2 Å². The molecule has 1 atom stereocenters. The number of benzene rings is 2. The third-order valence-electron chi connectivity index (χ3n) is 3.60. The predicted octanol–water partition coefficient (Wildman–Crippen LogP) is 3.23. The van der Waals surface area contributed by atoms with E-state index in [2.05, 4.69) is 46.8 Å². The van der Waals surface area contributed by atoms with Crippen molar-refractivity contribution in [1.29, 1.82) is 0 Å². The average molecular weight is 471 g/mol. The molecule has 0 aromatic heterocycles. The molecule has 0 spiro atoms. The van der Waals surface area contributed by atoms with Crippen LogP contribution < -0.4 is 10.6 Å². The molecule has 0 aliphatic rings. The van der Waals surface area contributed by atoms with Crippen molar-refractivity contribution in [3.8, 4) is 0 Å². The number of nitrogens with one attached hydrogen (secondary N) is 2. The van der Waals surface area contributed by atoms with Gasteiger partial charge in [0.25, 0.3) is 0 Å². The maximum absolute atomic E-state index is 12.1. The summed E-state index contributed by atoms with van der Waals surface area (Å²) < 4.78 is 12.1. The molecule has 25 heavy (non-hydrogen) atoms. The fraction of sp³-hybridized carbons (Fsp3) is 0.316. The van der Waals surface area contributed by atoms with Gasteiger partial charge in [0.05, 0.1) is 0 Å². The number of aliphatic imine (C=N–C) groups is 1. The molecule has 2 aromatic rings. The van der Waals surface area contributed by atoms with Crippen molar-refractivity contribution in [3.63, 3.8) is 0 Å². The summed E-state index contributed by atoms with van der Waals surface area (Å²) in [5, 5.41) is 6.48. The van der Waals surface area contributed by atoms with E-state index in [0.717, 1.165) is 11.5 Å². The van der Waals surface area contributed by atoms with Gasteiger partial charge in [0.15, 0.2) is 5.96 Å². The lowest BCUT2D eigenvalue weighted by Crippen LogP contribution is -2.38. The monoisotopic (exact) mass is 471 g/mol. The number of hydrogen-bond donors (Lipinski definition) is 2. The van der Waals surface area contributed by atoms with E-state index in [1.165, 1.54) is 11.1 Å². The van der Waals surface area contributed by atoms with E-state index in [4.69, 9.17) is 0 Å². The van der Waals surface area contributed by atoms with E-state index in [0.29, 0.717) is 24.6 Å². The minimum Gasteiger partial charge on any atom is -0.355 e. The van der Waals surface area contributed by atoms with Gasteiger partial charge < -0.3 is 10.6 Å². The van der Waals surface area contributed by atoms with Crippen molar-refractivity contribution in [1.82, 2.24) is 10.6 Å². The van der Waals surface area contributed by atoms with Gasteiger partial charge in [-0.3, -0.25) is 9.20 Å². The molecule has 0 saturated heterocycles. The molecule has 0 amide bonds. The number of nitrogens with zero attached hydrogens (tertiary/aromatic N) is 1. The van der Waals surface area contributed by atoms with Crippen LogP contribution in [0.2, 0.25) is 0 Å². The average Bonchev–Trinajstić information content (AvgIpc) is 2.60. The maximum atomic E-state index is 12.1. The Balaban J connectivity index is 0.00000312. The largest absolute Gasteiger partial charge is 0.355 e. The summed E-state index contributed by atoms with van der Waals surface area (Å²) in [6.45, 7) is 3.42. The highest BCUT2D eigenvalue weighted by molar-refractivity contribution is 14.0. The van der Waals surface area contributed by atoms with Crippen LogP contribution in [0.15, 0.2) is 59.6 Å². The summed E-state index contributed by atoms with van der Waals surface area (Å²) in [4.78, 5) is 4.20. The molecule has 0 aliphatic carbocycles. The molecule has 0 aliphatic heterocycles. The van der Waals surface area contributed by atoms with Gasteiger partial charge >= 0.3 is 0 Å². The van der Waals surface area contributed by atoms with Crippen LogP contribution in [0.1, 0.15) is 16.7 Å². The Hall–Kier alpha value is -1.41. The molecule has 2 N–H and O–H groups in total. The van der Waals surface area contributed by atoms with Gasteiger partial charge in [0, 0.05) is 42.4 Å². The van der Waals surface area contributed by atoms with E-state index in [-0.39, 0.29) is 24.0 Å². The first kappa shape index (κ1) is 21.6. The lowest BCUT2D eigenvalue weighted by atomic mass is 10.1. The lowest BCUT2D eigenvalue weighted by Gasteiger charge is -2.12. The van der Waals surface area contributed by atoms with E-state index in [1.54, 1.807) is 7.05 Å². The van der Waals surface area contributed by atoms with Crippen molar-refractivity contribution in [3.05, 3.63) is 71.3 Å². The summed E-state index contributed by atoms with van der Waals surface area (Å²) in [5.74, 6) is 1.92. The smallest absolute Gasteiger partial charge is 0.191 e. The first-order chi connectivity index (χ1) is 11.7. The molecule has 4 nitrogen and oxygen atoms in total. The minimum atomic E-state index is -0.877. The van der Waals surface area contributed by atoms with Crippen LogP contribution in [0.4, 0.5) is 0 Å². The number of halogens is 1. The molecule has 1 unspecified atom stereocenters. The van der Waals surface area contributed by atoms with Gasteiger partial charge in [-0.2, -0.15) is 0 Å². The van der Waals surface area contributed by atoms with Crippen LogP contribution in [-0.4, -0.2) is 29.5 Å². The number of aryl methyl sites for hydroxylation is 1. The van der Waals surface area contributed by atoms with Crippen LogP contribution in [0.5, 0.6) is 0 Å².